The third kappa shape index (κ3) is 5.10. The van der Waals surface area contributed by atoms with Gasteiger partial charge in [-0.05, 0) is 32.9 Å². The molecule has 0 saturated carbocycles. The third-order valence-electron chi connectivity index (χ3n) is 5.60. The summed E-state index contributed by atoms with van der Waals surface area (Å²) in [7, 11) is 0. The number of ether oxygens (including phenoxy) is 1. The van der Waals surface area contributed by atoms with Gasteiger partial charge in [-0.15, -0.1) is 0 Å². The van der Waals surface area contributed by atoms with Crippen molar-refractivity contribution in [2.24, 2.45) is 0 Å². The standard InChI is InChI=1S/C27H28N6O3/c1-4-32(5-2)26(34)22-18-29-33(20-15-11-8-12-16-20)25(22)31-24-21(27(35)36-6-3)17-28-23(30-24)19-13-9-7-10-14-19/h7-18H,4-6H2,1-3H3,(H,28,30,31). The van der Waals surface area contributed by atoms with Gasteiger partial charge < -0.3 is 15.0 Å². The van der Waals surface area contributed by atoms with Crippen LogP contribution in [0.15, 0.2) is 73.1 Å². The Bertz CT molecular complexity index is 1330. The zero-order valence-corrected chi connectivity index (χ0v) is 20.5. The van der Waals surface area contributed by atoms with Crippen LogP contribution in [0.1, 0.15) is 41.5 Å². The van der Waals surface area contributed by atoms with Crippen molar-refractivity contribution in [3.63, 3.8) is 0 Å². The largest absolute Gasteiger partial charge is 0.462 e. The van der Waals surface area contributed by atoms with Crippen LogP contribution in [0.4, 0.5) is 11.6 Å². The summed E-state index contributed by atoms with van der Waals surface area (Å²) in [6.07, 6.45) is 2.96. The number of nitrogens with one attached hydrogen (secondary N) is 1. The number of amides is 1. The Kier molecular flexibility index (Phi) is 7.69. The summed E-state index contributed by atoms with van der Waals surface area (Å²) in [6.45, 7) is 6.87. The second-order valence-corrected chi connectivity index (χ2v) is 7.80. The van der Waals surface area contributed by atoms with E-state index in [1.807, 2.05) is 74.5 Å². The van der Waals surface area contributed by atoms with E-state index in [2.05, 4.69) is 20.4 Å². The van der Waals surface area contributed by atoms with Crippen molar-refractivity contribution in [2.75, 3.05) is 25.0 Å². The molecule has 0 unspecified atom stereocenters. The average Bonchev–Trinajstić information content (AvgIpc) is 3.33. The maximum atomic E-state index is 13.4. The van der Waals surface area contributed by atoms with E-state index in [0.29, 0.717) is 30.3 Å². The smallest absolute Gasteiger partial charge is 0.343 e. The Labute approximate surface area is 209 Å². The zero-order chi connectivity index (χ0) is 25.5. The fraction of sp³-hybridized carbons (Fsp3) is 0.222. The number of hydrogen-bond acceptors (Lipinski definition) is 7. The summed E-state index contributed by atoms with van der Waals surface area (Å²) in [5, 5.41) is 7.72. The maximum Gasteiger partial charge on any atom is 0.343 e. The van der Waals surface area contributed by atoms with Gasteiger partial charge in [0.05, 0.1) is 18.5 Å². The summed E-state index contributed by atoms with van der Waals surface area (Å²) in [4.78, 5) is 36.9. The van der Waals surface area contributed by atoms with Crippen molar-refractivity contribution in [3.05, 3.63) is 84.2 Å². The van der Waals surface area contributed by atoms with Crippen LogP contribution in [0.3, 0.4) is 0 Å². The topological polar surface area (TPSA) is 102 Å². The van der Waals surface area contributed by atoms with Crippen molar-refractivity contribution in [2.45, 2.75) is 20.8 Å². The molecular formula is C27H28N6O3. The SMILES string of the molecule is CCOC(=O)c1cnc(-c2ccccc2)nc1Nc1c(C(=O)N(CC)CC)cnn1-c1ccccc1. The first-order valence-corrected chi connectivity index (χ1v) is 11.9. The molecule has 0 aliphatic rings. The van der Waals surface area contributed by atoms with Crippen LogP contribution in [0.2, 0.25) is 0 Å². The Morgan fingerprint density at radius 1 is 0.917 bits per heavy atom. The van der Waals surface area contributed by atoms with Crippen molar-refractivity contribution < 1.29 is 14.3 Å². The summed E-state index contributed by atoms with van der Waals surface area (Å²) in [5.74, 6) is 0.283. The third-order valence-corrected chi connectivity index (χ3v) is 5.60. The molecule has 4 aromatic rings. The lowest BCUT2D eigenvalue weighted by atomic mass is 10.2. The quantitative estimate of drug-likeness (QED) is 0.343. The van der Waals surface area contributed by atoms with Gasteiger partial charge in [0.15, 0.2) is 5.82 Å². The Morgan fingerprint density at radius 2 is 1.58 bits per heavy atom. The Hall–Kier alpha value is -4.53. The first-order valence-electron chi connectivity index (χ1n) is 11.9. The number of nitrogens with zero attached hydrogens (tertiary/aromatic N) is 5. The number of hydrogen-bond donors (Lipinski definition) is 1. The van der Waals surface area contributed by atoms with Gasteiger partial charge in [-0.1, -0.05) is 48.5 Å². The lowest BCUT2D eigenvalue weighted by Gasteiger charge is -2.20. The van der Waals surface area contributed by atoms with Crippen molar-refractivity contribution in [3.8, 4) is 17.1 Å². The predicted octanol–water partition coefficient (Wildman–Crippen LogP) is 4.73. The molecule has 9 nitrogen and oxygen atoms in total. The van der Waals surface area contributed by atoms with Crippen LogP contribution in [0.25, 0.3) is 17.1 Å². The first kappa shape index (κ1) is 24.6. The number of para-hydroxylation sites is 1. The Morgan fingerprint density at radius 3 is 2.22 bits per heavy atom. The van der Waals surface area contributed by atoms with Crippen LogP contribution in [0.5, 0.6) is 0 Å². The lowest BCUT2D eigenvalue weighted by molar-refractivity contribution is 0.0526. The summed E-state index contributed by atoms with van der Waals surface area (Å²) < 4.78 is 6.86. The normalized spacial score (nSPS) is 10.6. The van der Waals surface area contributed by atoms with Crippen LogP contribution >= 0.6 is 0 Å². The minimum Gasteiger partial charge on any atom is -0.462 e. The van der Waals surface area contributed by atoms with Gasteiger partial charge in [0.1, 0.15) is 22.8 Å². The molecular weight excluding hydrogens is 456 g/mol. The molecule has 0 saturated heterocycles. The number of rotatable bonds is 9. The van der Waals surface area contributed by atoms with Crippen LogP contribution in [-0.2, 0) is 4.74 Å². The molecule has 36 heavy (non-hydrogen) atoms. The minimum absolute atomic E-state index is 0.151. The highest BCUT2D eigenvalue weighted by atomic mass is 16.5. The molecule has 0 fully saturated rings. The number of esters is 1. The van der Waals surface area contributed by atoms with E-state index in [-0.39, 0.29) is 23.9 Å². The van der Waals surface area contributed by atoms with Gasteiger partial charge >= 0.3 is 5.97 Å². The Balaban J connectivity index is 1.87. The fourth-order valence-electron chi connectivity index (χ4n) is 3.75. The molecule has 0 atom stereocenters. The summed E-state index contributed by atoms with van der Waals surface area (Å²) in [6, 6.07) is 18.9. The summed E-state index contributed by atoms with van der Waals surface area (Å²) in [5.41, 5.74) is 2.04. The highest BCUT2D eigenvalue weighted by Gasteiger charge is 2.25. The number of aromatic nitrogens is 4. The predicted molar refractivity (Wildman–Crippen MR) is 138 cm³/mol. The van der Waals surface area contributed by atoms with Gasteiger partial charge in [-0.2, -0.15) is 5.10 Å². The second-order valence-electron chi connectivity index (χ2n) is 7.80. The number of carbonyl (C=O) groups excluding carboxylic acids is 2. The lowest BCUT2D eigenvalue weighted by Crippen LogP contribution is -2.30. The van der Waals surface area contributed by atoms with Crippen LogP contribution in [0, 0.1) is 0 Å². The van der Waals surface area contributed by atoms with Gasteiger partial charge in [0.25, 0.3) is 5.91 Å². The first-order chi connectivity index (χ1) is 17.6. The van der Waals surface area contributed by atoms with Crippen LogP contribution in [-0.4, -0.2) is 56.2 Å². The molecule has 4 rings (SSSR count). The molecule has 2 aromatic heterocycles. The van der Waals surface area contributed by atoms with E-state index < -0.39 is 5.97 Å². The zero-order valence-electron chi connectivity index (χ0n) is 20.5. The molecule has 0 aliphatic heterocycles. The average molecular weight is 485 g/mol. The molecule has 0 bridgehead atoms. The molecule has 184 valence electrons. The summed E-state index contributed by atoms with van der Waals surface area (Å²) >= 11 is 0. The van der Waals surface area contributed by atoms with Crippen molar-refractivity contribution in [1.82, 2.24) is 24.6 Å². The molecule has 0 aliphatic carbocycles. The van der Waals surface area contributed by atoms with E-state index in [1.165, 1.54) is 12.4 Å². The highest BCUT2D eigenvalue weighted by Crippen LogP contribution is 2.28. The molecule has 2 aromatic carbocycles. The monoisotopic (exact) mass is 484 g/mol. The van der Waals surface area contributed by atoms with Crippen molar-refractivity contribution in [1.29, 1.82) is 0 Å². The maximum absolute atomic E-state index is 13.4. The van der Waals surface area contributed by atoms with E-state index in [0.717, 1.165) is 11.3 Å². The van der Waals surface area contributed by atoms with Gasteiger partial charge in [-0.3, -0.25) is 4.79 Å². The van der Waals surface area contributed by atoms with E-state index >= 15 is 0 Å². The molecule has 0 spiro atoms. The van der Waals surface area contributed by atoms with Gasteiger partial charge in [0, 0.05) is 24.8 Å². The minimum atomic E-state index is -0.568. The van der Waals surface area contributed by atoms with Gasteiger partial charge in [0.2, 0.25) is 0 Å². The number of anilines is 2. The van der Waals surface area contributed by atoms with E-state index in [1.54, 1.807) is 16.5 Å². The number of benzene rings is 2. The van der Waals surface area contributed by atoms with Crippen molar-refractivity contribution >= 4 is 23.5 Å². The molecule has 2 heterocycles. The van der Waals surface area contributed by atoms with E-state index in [9.17, 15) is 9.59 Å². The fourth-order valence-corrected chi connectivity index (χ4v) is 3.75. The molecule has 1 amide bonds. The molecule has 9 heteroatoms. The van der Waals surface area contributed by atoms with Gasteiger partial charge in [-0.25, -0.2) is 19.4 Å². The molecule has 0 radical (unpaired) electrons. The highest BCUT2D eigenvalue weighted by molar-refractivity contribution is 6.01. The number of carbonyl (C=O) groups is 2. The van der Waals surface area contributed by atoms with Crippen LogP contribution < -0.4 is 5.32 Å². The molecule has 1 N–H and O–H groups in total. The second kappa shape index (κ2) is 11.3. The van der Waals surface area contributed by atoms with E-state index in [4.69, 9.17) is 4.74 Å².